The van der Waals surface area contributed by atoms with Crippen molar-refractivity contribution < 1.29 is 0 Å². The SMILES string of the molecule is CCC(N)C(c1ccncc1)N(C)Cc1ccc(Cl)s1. The van der Waals surface area contributed by atoms with Crippen LogP contribution in [0, 0.1) is 0 Å². The molecule has 2 N–H and O–H groups in total. The molecule has 0 spiro atoms. The molecule has 5 heteroatoms. The van der Waals surface area contributed by atoms with Crippen LogP contribution in [0.15, 0.2) is 36.7 Å². The van der Waals surface area contributed by atoms with Crippen molar-refractivity contribution >= 4 is 22.9 Å². The highest BCUT2D eigenvalue weighted by molar-refractivity contribution is 7.16. The van der Waals surface area contributed by atoms with E-state index >= 15 is 0 Å². The van der Waals surface area contributed by atoms with E-state index in [-0.39, 0.29) is 12.1 Å². The second-order valence-corrected chi connectivity index (χ2v) is 6.72. The maximum Gasteiger partial charge on any atom is 0.0931 e. The molecule has 2 aromatic heterocycles. The van der Waals surface area contributed by atoms with E-state index in [0.717, 1.165) is 17.3 Å². The summed E-state index contributed by atoms with van der Waals surface area (Å²) in [4.78, 5) is 7.62. The van der Waals surface area contributed by atoms with Crippen LogP contribution in [0.3, 0.4) is 0 Å². The summed E-state index contributed by atoms with van der Waals surface area (Å²) in [6, 6.07) is 8.37. The summed E-state index contributed by atoms with van der Waals surface area (Å²) in [7, 11) is 2.11. The Bertz CT molecular complexity index is 529. The van der Waals surface area contributed by atoms with Gasteiger partial charge in [-0.25, -0.2) is 0 Å². The molecule has 0 saturated heterocycles. The van der Waals surface area contributed by atoms with Crippen LogP contribution in [0.4, 0.5) is 0 Å². The normalized spacial score (nSPS) is 14.4. The zero-order valence-corrected chi connectivity index (χ0v) is 13.4. The number of rotatable bonds is 6. The van der Waals surface area contributed by atoms with E-state index in [1.807, 2.05) is 30.6 Å². The molecule has 0 aliphatic carbocycles. The zero-order valence-electron chi connectivity index (χ0n) is 11.8. The molecule has 0 bridgehead atoms. The number of pyridine rings is 1. The van der Waals surface area contributed by atoms with Crippen molar-refractivity contribution in [2.24, 2.45) is 5.73 Å². The fourth-order valence-corrected chi connectivity index (χ4v) is 3.54. The quantitative estimate of drug-likeness (QED) is 0.884. The van der Waals surface area contributed by atoms with Crippen LogP contribution in [0.1, 0.15) is 29.8 Å². The highest BCUT2D eigenvalue weighted by Gasteiger charge is 2.23. The maximum atomic E-state index is 6.32. The van der Waals surface area contributed by atoms with Crippen LogP contribution in [-0.2, 0) is 6.54 Å². The molecule has 3 nitrogen and oxygen atoms in total. The summed E-state index contributed by atoms with van der Waals surface area (Å²) < 4.78 is 0.827. The average molecular weight is 310 g/mol. The number of nitrogens with zero attached hydrogens (tertiary/aromatic N) is 2. The Morgan fingerprint density at radius 1 is 1.30 bits per heavy atom. The molecule has 0 aliphatic rings. The maximum absolute atomic E-state index is 6.32. The monoisotopic (exact) mass is 309 g/mol. The minimum Gasteiger partial charge on any atom is -0.326 e. The third-order valence-electron chi connectivity index (χ3n) is 3.43. The molecule has 2 rings (SSSR count). The predicted octanol–water partition coefficient (Wildman–Crippen LogP) is 3.71. The molecule has 0 amide bonds. The zero-order chi connectivity index (χ0) is 14.5. The Hall–Kier alpha value is -0.940. The van der Waals surface area contributed by atoms with Crippen molar-refractivity contribution in [1.29, 1.82) is 0 Å². The second-order valence-electron chi connectivity index (χ2n) is 4.92. The lowest BCUT2D eigenvalue weighted by atomic mass is 9.97. The van der Waals surface area contributed by atoms with E-state index in [1.165, 1.54) is 10.4 Å². The molecule has 2 unspecified atom stereocenters. The minimum atomic E-state index is 0.0952. The van der Waals surface area contributed by atoms with Crippen molar-refractivity contribution in [3.63, 3.8) is 0 Å². The smallest absolute Gasteiger partial charge is 0.0931 e. The summed E-state index contributed by atoms with van der Waals surface area (Å²) in [5, 5.41) is 0. The van der Waals surface area contributed by atoms with Gasteiger partial charge in [-0.3, -0.25) is 9.88 Å². The minimum absolute atomic E-state index is 0.0952. The van der Waals surface area contributed by atoms with Crippen LogP contribution >= 0.6 is 22.9 Å². The first-order valence-electron chi connectivity index (χ1n) is 6.71. The predicted molar refractivity (Wildman–Crippen MR) is 86.0 cm³/mol. The van der Waals surface area contributed by atoms with E-state index < -0.39 is 0 Å². The Balaban J connectivity index is 2.18. The Morgan fingerprint density at radius 3 is 2.55 bits per heavy atom. The van der Waals surface area contributed by atoms with Crippen molar-refractivity contribution in [2.45, 2.75) is 32.0 Å². The lowest BCUT2D eigenvalue weighted by Gasteiger charge is -2.32. The van der Waals surface area contributed by atoms with Gasteiger partial charge in [0.15, 0.2) is 0 Å². The molecule has 2 atom stereocenters. The van der Waals surface area contributed by atoms with Gasteiger partial charge in [-0.2, -0.15) is 0 Å². The fourth-order valence-electron chi connectivity index (χ4n) is 2.39. The van der Waals surface area contributed by atoms with E-state index in [1.54, 1.807) is 11.3 Å². The average Bonchev–Trinajstić information content (AvgIpc) is 2.85. The first kappa shape index (κ1) is 15.4. The van der Waals surface area contributed by atoms with Crippen LogP contribution in [0.5, 0.6) is 0 Å². The third kappa shape index (κ3) is 3.79. The van der Waals surface area contributed by atoms with Gasteiger partial charge < -0.3 is 5.73 Å². The molecule has 108 valence electrons. The van der Waals surface area contributed by atoms with E-state index in [4.69, 9.17) is 17.3 Å². The molecular weight excluding hydrogens is 290 g/mol. The molecule has 0 saturated carbocycles. The first-order chi connectivity index (χ1) is 9.61. The van der Waals surface area contributed by atoms with Gasteiger partial charge in [0, 0.05) is 29.9 Å². The Kier molecular flexibility index (Phi) is 5.54. The third-order valence-corrected chi connectivity index (χ3v) is 4.65. The van der Waals surface area contributed by atoms with Gasteiger partial charge in [-0.15, -0.1) is 11.3 Å². The number of likely N-dealkylation sites (N-methyl/N-ethyl adjacent to an activating group) is 1. The van der Waals surface area contributed by atoms with Gasteiger partial charge in [0.05, 0.1) is 10.4 Å². The van der Waals surface area contributed by atoms with Crippen molar-refractivity contribution in [2.75, 3.05) is 7.05 Å². The van der Waals surface area contributed by atoms with Gasteiger partial charge >= 0.3 is 0 Å². The lowest BCUT2D eigenvalue weighted by molar-refractivity contribution is 0.203. The van der Waals surface area contributed by atoms with Gasteiger partial charge in [-0.05, 0) is 43.3 Å². The van der Waals surface area contributed by atoms with Gasteiger partial charge in [0.1, 0.15) is 0 Å². The van der Waals surface area contributed by atoms with Crippen LogP contribution < -0.4 is 5.73 Å². The van der Waals surface area contributed by atoms with E-state index in [2.05, 4.69) is 29.9 Å². The largest absolute Gasteiger partial charge is 0.326 e. The second kappa shape index (κ2) is 7.18. The van der Waals surface area contributed by atoms with Crippen molar-refractivity contribution in [1.82, 2.24) is 9.88 Å². The fraction of sp³-hybridized carbons (Fsp3) is 0.400. The Morgan fingerprint density at radius 2 is 2.00 bits per heavy atom. The molecule has 0 fully saturated rings. The molecule has 0 aromatic carbocycles. The van der Waals surface area contributed by atoms with Crippen LogP contribution in [-0.4, -0.2) is 23.0 Å². The molecular formula is C15H20ClN3S. The van der Waals surface area contributed by atoms with Gasteiger partial charge in [0.25, 0.3) is 0 Å². The lowest BCUT2D eigenvalue weighted by Crippen LogP contribution is -2.38. The van der Waals surface area contributed by atoms with E-state index in [9.17, 15) is 0 Å². The van der Waals surface area contributed by atoms with Crippen molar-refractivity contribution in [3.05, 3.63) is 51.4 Å². The molecule has 20 heavy (non-hydrogen) atoms. The summed E-state index contributed by atoms with van der Waals surface area (Å²) in [6.45, 7) is 2.97. The van der Waals surface area contributed by atoms with Crippen LogP contribution in [0.25, 0.3) is 0 Å². The number of nitrogens with two attached hydrogens (primary N) is 1. The number of hydrogen-bond acceptors (Lipinski definition) is 4. The highest BCUT2D eigenvalue weighted by Crippen LogP contribution is 2.28. The highest BCUT2D eigenvalue weighted by atomic mass is 35.5. The summed E-state index contributed by atoms with van der Waals surface area (Å²) in [6.07, 6.45) is 4.57. The number of halogens is 1. The first-order valence-corrected chi connectivity index (χ1v) is 7.91. The van der Waals surface area contributed by atoms with Crippen LogP contribution in [0.2, 0.25) is 4.34 Å². The molecule has 0 radical (unpaired) electrons. The molecule has 2 aromatic rings. The molecule has 0 aliphatic heterocycles. The topological polar surface area (TPSA) is 42.1 Å². The summed E-state index contributed by atoms with van der Waals surface area (Å²) >= 11 is 7.62. The summed E-state index contributed by atoms with van der Waals surface area (Å²) in [5.41, 5.74) is 7.53. The van der Waals surface area contributed by atoms with E-state index in [0.29, 0.717) is 0 Å². The number of aromatic nitrogens is 1. The summed E-state index contributed by atoms with van der Waals surface area (Å²) in [5.74, 6) is 0. The van der Waals surface area contributed by atoms with Gasteiger partial charge in [-0.1, -0.05) is 18.5 Å². The number of thiophene rings is 1. The van der Waals surface area contributed by atoms with Crippen molar-refractivity contribution in [3.8, 4) is 0 Å². The number of hydrogen-bond donors (Lipinski definition) is 1. The standard InChI is InChI=1S/C15H20ClN3S/c1-3-13(17)15(11-6-8-18-9-7-11)19(2)10-12-4-5-14(16)20-12/h4-9,13,15H,3,10,17H2,1-2H3. The molecule has 2 heterocycles. The Labute approximate surface area is 129 Å². The van der Waals surface area contributed by atoms with Gasteiger partial charge in [0.2, 0.25) is 0 Å².